The second-order valence-corrected chi connectivity index (χ2v) is 5.85. The van der Waals surface area contributed by atoms with Gasteiger partial charge in [-0.3, -0.25) is 5.32 Å². The number of rotatable bonds is 6. The number of aryl methyl sites for hydroxylation is 2. The van der Waals surface area contributed by atoms with Crippen LogP contribution in [-0.4, -0.2) is 17.9 Å². The van der Waals surface area contributed by atoms with Crippen LogP contribution in [0.4, 0.5) is 16.2 Å². The van der Waals surface area contributed by atoms with E-state index in [4.69, 9.17) is 9.26 Å². The van der Waals surface area contributed by atoms with Gasteiger partial charge in [-0.2, -0.15) is 0 Å². The molecule has 6 nitrogen and oxygen atoms in total. The summed E-state index contributed by atoms with van der Waals surface area (Å²) in [5.41, 5.74) is 3.50. The zero-order valence-electron chi connectivity index (χ0n) is 14.0. The molecule has 0 spiro atoms. The smallest absolute Gasteiger partial charge is 0.411 e. The first-order chi connectivity index (χ1) is 11.0. The fourth-order valence-electron chi connectivity index (χ4n) is 2.05. The van der Waals surface area contributed by atoms with Crippen LogP contribution in [0.15, 0.2) is 28.8 Å². The van der Waals surface area contributed by atoms with Gasteiger partial charge in [-0.25, -0.2) is 4.79 Å². The summed E-state index contributed by atoms with van der Waals surface area (Å²) in [6.07, 6.45) is -0.443. The van der Waals surface area contributed by atoms with Gasteiger partial charge in [-0.05, 0) is 38.0 Å². The van der Waals surface area contributed by atoms with Gasteiger partial charge in [0.25, 0.3) is 0 Å². The molecule has 0 aliphatic heterocycles. The van der Waals surface area contributed by atoms with Crippen molar-refractivity contribution in [2.45, 2.75) is 34.2 Å². The van der Waals surface area contributed by atoms with E-state index >= 15 is 0 Å². The summed E-state index contributed by atoms with van der Waals surface area (Å²) < 4.78 is 10.2. The highest BCUT2D eigenvalue weighted by molar-refractivity contribution is 5.85. The van der Waals surface area contributed by atoms with E-state index in [-0.39, 0.29) is 0 Å². The third-order valence-corrected chi connectivity index (χ3v) is 3.31. The number of benzene rings is 1. The highest BCUT2D eigenvalue weighted by Crippen LogP contribution is 2.18. The first-order valence-corrected chi connectivity index (χ1v) is 7.65. The zero-order chi connectivity index (χ0) is 16.8. The standard InChI is InChI=1S/C17H23N3O3/c1-11(2)10-22-17(21)19-15-7-5-6-14(8-15)18-9-16-12(3)20-23-13(16)4/h5-8,11,18H,9-10H2,1-4H3,(H,19,21). The van der Waals surface area contributed by atoms with Crippen molar-refractivity contribution >= 4 is 17.5 Å². The molecule has 1 heterocycles. The number of carbonyl (C=O) groups excluding carboxylic acids is 1. The van der Waals surface area contributed by atoms with Gasteiger partial charge in [0.05, 0.1) is 12.3 Å². The average Bonchev–Trinajstić information content (AvgIpc) is 2.82. The maximum absolute atomic E-state index is 11.7. The Bertz CT molecular complexity index is 645. The summed E-state index contributed by atoms with van der Waals surface area (Å²) in [6.45, 7) is 8.80. The van der Waals surface area contributed by atoms with Gasteiger partial charge < -0.3 is 14.6 Å². The van der Waals surface area contributed by atoms with Gasteiger partial charge in [-0.1, -0.05) is 25.1 Å². The number of ether oxygens (including phenoxy) is 1. The van der Waals surface area contributed by atoms with Gasteiger partial charge >= 0.3 is 6.09 Å². The Labute approximate surface area is 136 Å². The van der Waals surface area contributed by atoms with Crippen molar-refractivity contribution < 1.29 is 14.1 Å². The predicted octanol–water partition coefficient (Wildman–Crippen LogP) is 4.11. The van der Waals surface area contributed by atoms with Crippen molar-refractivity contribution in [3.63, 3.8) is 0 Å². The molecular formula is C17H23N3O3. The minimum absolute atomic E-state index is 0.309. The third kappa shape index (κ3) is 5.02. The summed E-state index contributed by atoms with van der Waals surface area (Å²) in [7, 11) is 0. The Kier molecular flexibility index (Phi) is 5.62. The quantitative estimate of drug-likeness (QED) is 0.838. The molecule has 23 heavy (non-hydrogen) atoms. The number of carbonyl (C=O) groups is 1. The van der Waals surface area contributed by atoms with Gasteiger partial charge in [0, 0.05) is 23.5 Å². The van der Waals surface area contributed by atoms with Crippen LogP contribution >= 0.6 is 0 Å². The molecule has 1 aromatic heterocycles. The molecule has 2 aromatic rings. The predicted molar refractivity (Wildman–Crippen MR) is 89.6 cm³/mol. The molecule has 0 atom stereocenters. The van der Waals surface area contributed by atoms with Gasteiger partial charge in [0.2, 0.25) is 0 Å². The third-order valence-electron chi connectivity index (χ3n) is 3.31. The fraction of sp³-hybridized carbons (Fsp3) is 0.412. The van der Waals surface area contributed by atoms with Crippen molar-refractivity contribution in [2.75, 3.05) is 17.2 Å². The largest absolute Gasteiger partial charge is 0.449 e. The van der Waals surface area contributed by atoms with Crippen LogP contribution in [0.25, 0.3) is 0 Å². The van der Waals surface area contributed by atoms with Crippen LogP contribution < -0.4 is 10.6 Å². The summed E-state index contributed by atoms with van der Waals surface area (Å²) >= 11 is 0. The first kappa shape index (κ1) is 16.9. The maximum atomic E-state index is 11.7. The Morgan fingerprint density at radius 2 is 2.04 bits per heavy atom. The van der Waals surface area contributed by atoms with E-state index in [2.05, 4.69) is 15.8 Å². The Morgan fingerprint density at radius 3 is 2.70 bits per heavy atom. The summed E-state index contributed by atoms with van der Waals surface area (Å²) in [4.78, 5) is 11.7. The second-order valence-electron chi connectivity index (χ2n) is 5.85. The molecule has 124 valence electrons. The average molecular weight is 317 g/mol. The second kappa shape index (κ2) is 7.67. The van der Waals surface area contributed by atoms with Crippen LogP contribution in [0, 0.1) is 19.8 Å². The molecule has 0 radical (unpaired) electrons. The molecule has 1 aromatic carbocycles. The molecular weight excluding hydrogens is 294 g/mol. The lowest BCUT2D eigenvalue weighted by atomic mass is 10.2. The lowest BCUT2D eigenvalue weighted by molar-refractivity contribution is 0.147. The SMILES string of the molecule is Cc1noc(C)c1CNc1cccc(NC(=O)OCC(C)C)c1. The van der Waals surface area contributed by atoms with Crippen molar-refractivity contribution in [1.82, 2.24) is 5.16 Å². The molecule has 2 N–H and O–H groups in total. The monoisotopic (exact) mass is 317 g/mol. The molecule has 0 saturated heterocycles. The maximum Gasteiger partial charge on any atom is 0.411 e. The minimum Gasteiger partial charge on any atom is -0.449 e. The number of aromatic nitrogens is 1. The number of nitrogens with zero attached hydrogens (tertiary/aromatic N) is 1. The van der Waals surface area contributed by atoms with Crippen LogP contribution in [0.1, 0.15) is 30.9 Å². The van der Waals surface area contributed by atoms with Crippen LogP contribution in [0.2, 0.25) is 0 Å². The first-order valence-electron chi connectivity index (χ1n) is 7.65. The van der Waals surface area contributed by atoms with Crippen molar-refractivity contribution in [3.8, 4) is 0 Å². The van der Waals surface area contributed by atoms with E-state index in [1.54, 1.807) is 0 Å². The van der Waals surface area contributed by atoms with Crippen LogP contribution in [-0.2, 0) is 11.3 Å². The van der Waals surface area contributed by atoms with Crippen molar-refractivity contribution in [2.24, 2.45) is 5.92 Å². The Morgan fingerprint density at radius 1 is 1.30 bits per heavy atom. The van der Waals surface area contributed by atoms with E-state index in [0.29, 0.717) is 24.8 Å². The molecule has 0 saturated carbocycles. The summed E-state index contributed by atoms with van der Waals surface area (Å²) in [6, 6.07) is 7.48. The van der Waals surface area contributed by atoms with E-state index < -0.39 is 6.09 Å². The lowest BCUT2D eigenvalue weighted by Gasteiger charge is -2.11. The lowest BCUT2D eigenvalue weighted by Crippen LogP contribution is -2.16. The van der Waals surface area contributed by atoms with Gasteiger partial charge in [-0.15, -0.1) is 0 Å². The summed E-state index contributed by atoms with van der Waals surface area (Å²) in [5.74, 6) is 1.12. The molecule has 0 aliphatic carbocycles. The molecule has 6 heteroatoms. The molecule has 1 amide bonds. The van der Waals surface area contributed by atoms with Gasteiger partial charge in [0.15, 0.2) is 0 Å². The minimum atomic E-state index is -0.443. The number of amides is 1. The molecule has 2 rings (SSSR count). The molecule has 0 fully saturated rings. The summed E-state index contributed by atoms with van der Waals surface area (Å²) in [5, 5.41) is 9.95. The number of anilines is 2. The van der Waals surface area contributed by atoms with E-state index in [1.807, 2.05) is 52.0 Å². The highest BCUT2D eigenvalue weighted by Gasteiger charge is 2.09. The van der Waals surface area contributed by atoms with Crippen molar-refractivity contribution in [1.29, 1.82) is 0 Å². The van der Waals surface area contributed by atoms with Crippen molar-refractivity contribution in [3.05, 3.63) is 41.3 Å². The zero-order valence-corrected chi connectivity index (χ0v) is 14.0. The fourth-order valence-corrected chi connectivity index (χ4v) is 2.05. The van der Waals surface area contributed by atoms with E-state index in [0.717, 1.165) is 22.7 Å². The number of hydrogen-bond donors (Lipinski definition) is 2. The normalized spacial score (nSPS) is 10.7. The topological polar surface area (TPSA) is 76.4 Å². The number of nitrogens with one attached hydrogen (secondary N) is 2. The molecule has 0 unspecified atom stereocenters. The van der Waals surface area contributed by atoms with E-state index in [9.17, 15) is 4.79 Å². The van der Waals surface area contributed by atoms with Gasteiger partial charge in [0.1, 0.15) is 5.76 Å². The molecule has 0 aliphatic rings. The number of hydrogen-bond acceptors (Lipinski definition) is 5. The Hall–Kier alpha value is -2.50. The highest BCUT2D eigenvalue weighted by atomic mass is 16.5. The van der Waals surface area contributed by atoms with Crippen LogP contribution in [0.3, 0.4) is 0 Å². The Balaban J connectivity index is 1.93. The van der Waals surface area contributed by atoms with E-state index in [1.165, 1.54) is 0 Å². The molecule has 0 bridgehead atoms. The van der Waals surface area contributed by atoms with Crippen LogP contribution in [0.5, 0.6) is 0 Å².